The quantitative estimate of drug-likeness (QED) is 0.587. The van der Waals surface area contributed by atoms with Crippen LogP contribution in [-0.2, 0) is 11.3 Å². The lowest BCUT2D eigenvalue weighted by atomic mass is 10.0. The van der Waals surface area contributed by atoms with Crippen LogP contribution in [0, 0.1) is 6.92 Å². The number of aliphatic hydroxyl groups is 2. The number of rotatable bonds is 9. The zero-order valence-electron chi connectivity index (χ0n) is 16.0. The second kappa shape index (κ2) is 9.50. The Morgan fingerprint density at radius 3 is 2.43 bits per heavy atom. The van der Waals surface area contributed by atoms with E-state index < -0.39 is 12.2 Å². The third kappa shape index (κ3) is 4.78. The number of ether oxygens (including phenoxy) is 2. The second-order valence-corrected chi connectivity index (χ2v) is 6.37. The number of aliphatic hydroxyl groups excluding tert-OH is 2. The highest BCUT2D eigenvalue weighted by atomic mass is 16.5. The molecule has 0 aliphatic heterocycles. The van der Waals surface area contributed by atoms with Crippen LogP contribution in [0.4, 0.5) is 0 Å². The zero-order chi connectivity index (χ0) is 19.9. The summed E-state index contributed by atoms with van der Waals surface area (Å²) in [6, 6.07) is 17.0. The van der Waals surface area contributed by atoms with Gasteiger partial charge in [0.25, 0.3) is 0 Å². The van der Waals surface area contributed by atoms with E-state index in [0.717, 1.165) is 22.6 Å². The fraction of sp³-hybridized carbons (Fsp3) is 0.318. The number of nitrogens with zero attached hydrogens (tertiary/aromatic N) is 1. The van der Waals surface area contributed by atoms with Crippen LogP contribution in [0.1, 0.15) is 30.0 Å². The normalized spacial score (nSPS) is 13.3. The van der Waals surface area contributed by atoms with Crippen molar-refractivity contribution < 1.29 is 24.1 Å². The van der Waals surface area contributed by atoms with Gasteiger partial charge in [-0.3, -0.25) is 0 Å². The molecule has 1 heterocycles. The number of aromatic nitrogens is 1. The molecule has 6 nitrogen and oxygen atoms in total. The van der Waals surface area contributed by atoms with Crippen LogP contribution in [0.5, 0.6) is 5.75 Å². The summed E-state index contributed by atoms with van der Waals surface area (Å²) in [7, 11) is 0. The van der Waals surface area contributed by atoms with E-state index in [-0.39, 0.29) is 13.2 Å². The third-order valence-electron chi connectivity index (χ3n) is 4.38. The summed E-state index contributed by atoms with van der Waals surface area (Å²) in [6.07, 6.45) is -1.55. The molecule has 2 aromatic carbocycles. The van der Waals surface area contributed by atoms with Gasteiger partial charge in [-0.1, -0.05) is 30.3 Å². The third-order valence-corrected chi connectivity index (χ3v) is 4.38. The summed E-state index contributed by atoms with van der Waals surface area (Å²) in [4.78, 5) is 4.53. The molecular formula is C22H25NO5. The molecule has 0 amide bonds. The molecule has 0 spiro atoms. The maximum atomic E-state index is 9.93. The Morgan fingerprint density at radius 2 is 1.79 bits per heavy atom. The van der Waals surface area contributed by atoms with Crippen molar-refractivity contribution in [2.24, 2.45) is 0 Å². The highest BCUT2D eigenvalue weighted by molar-refractivity contribution is 5.53. The highest BCUT2D eigenvalue weighted by Gasteiger charge is 2.21. The Bertz CT molecular complexity index is 860. The minimum absolute atomic E-state index is 0.287. The maximum absolute atomic E-state index is 9.93. The Balaban J connectivity index is 1.66. The predicted octanol–water partition coefficient (Wildman–Crippen LogP) is 3.66. The van der Waals surface area contributed by atoms with Crippen LogP contribution in [-0.4, -0.2) is 34.5 Å². The molecule has 1 unspecified atom stereocenters. The van der Waals surface area contributed by atoms with Crippen LogP contribution in [0.15, 0.2) is 59.0 Å². The monoisotopic (exact) mass is 383 g/mol. The molecule has 0 aliphatic rings. The van der Waals surface area contributed by atoms with Crippen LogP contribution >= 0.6 is 0 Å². The molecule has 0 saturated heterocycles. The first-order valence-corrected chi connectivity index (χ1v) is 9.27. The molecule has 3 rings (SSSR count). The molecule has 1 aromatic heterocycles. The smallest absolute Gasteiger partial charge is 0.226 e. The van der Waals surface area contributed by atoms with E-state index >= 15 is 0 Å². The number of hydrogen-bond donors (Lipinski definition) is 2. The van der Waals surface area contributed by atoms with Gasteiger partial charge in [-0.25, -0.2) is 4.98 Å². The van der Waals surface area contributed by atoms with Gasteiger partial charge < -0.3 is 24.1 Å². The van der Waals surface area contributed by atoms with Gasteiger partial charge >= 0.3 is 0 Å². The standard InChI is InChI=1S/C22H25NO5/c1-3-26-21(20(25)13-24)16-9-11-18(12-10-16)27-14-19-15(2)28-22(23-19)17-7-5-4-6-8-17/h4-12,20-21,24-25H,3,13-14H2,1-2H3/t20-,21?/m0/s1. The average Bonchev–Trinajstić information content (AvgIpc) is 3.11. The lowest BCUT2D eigenvalue weighted by Gasteiger charge is -2.22. The van der Waals surface area contributed by atoms with Gasteiger partial charge in [-0.15, -0.1) is 0 Å². The van der Waals surface area contributed by atoms with Crippen molar-refractivity contribution in [3.8, 4) is 17.2 Å². The summed E-state index contributed by atoms with van der Waals surface area (Å²) in [5, 5.41) is 19.1. The summed E-state index contributed by atoms with van der Waals surface area (Å²) >= 11 is 0. The van der Waals surface area contributed by atoms with E-state index in [2.05, 4.69) is 4.98 Å². The fourth-order valence-electron chi connectivity index (χ4n) is 2.88. The first-order valence-electron chi connectivity index (χ1n) is 9.27. The molecule has 0 fully saturated rings. The molecule has 3 aromatic rings. The first-order chi connectivity index (χ1) is 13.6. The molecule has 2 atom stereocenters. The lowest BCUT2D eigenvalue weighted by Crippen LogP contribution is -2.24. The number of hydrogen-bond acceptors (Lipinski definition) is 6. The Hall–Kier alpha value is -2.67. The second-order valence-electron chi connectivity index (χ2n) is 6.37. The largest absolute Gasteiger partial charge is 0.487 e. The summed E-state index contributed by atoms with van der Waals surface area (Å²) < 4.78 is 17.1. The van der Waals surface area contributed by atoms with E-state index in [1.807, 2.05) is 56.3 Å². The number of benzene rings is 2. The minimum Gasteiger partial charge on any atom is -0.487 e. The van der Waals surface area contributed by atoms with E-state index in [1.165, 1.54) is 0 Å². The predicted molar refractivity (Wildman–Crippen MR) is 105 cm³/mol. The van der Waals surface area contributed by atoms with Crippen LogP contribution in [0.2, 0.25) is 0 Å². The van der Waals surface area contributed by atoms with Crippen LogP contribution in [0.25, 0.3) is 11.5 Å². The van der Waals surface area contributed by atoms with Crippen molar-refractivity contribution in [2.75, 3.05) is 13.2 Å². The zero-order valence-corrected chi connectivity index (χ0v) is 16.0. The molecule has 148 valence electrons. The van der Waals surface area contributed by atoms with E-state index in [4.69, 9.17) is 13.9 Å². The minimum atomic E-state index is -0.971. The van der Waals surface area contributed by atoms with Crippen molar-refractivity contribution in [1.82, 2.24) is 4.98 Å². The maximum Gasteiger partial charge on any atom is 0.226 e. The van der Waals surface area contributed by atoms with Gasteiger partial charge in [0.1, 0.15) is 36.0 Å². The molecule has 0 bridgehead atoms. The van der Waals surface area contributed by atoms with E-state index in [1.54, 1.807) is 12.1 Å². The average molecular weight is 383 g/mol. The van der Waals surface area contributed by atoms with Gasteiger partial charge in [-0.2, -0.15) is 0 Å². The van der Waals surface area contributed by atoms with Crippen LogP contribution in [0.3, 0.4) is 0 Å². The van der Waals surface area contributed by atoms with Crippen molar-refractivity contribution in [3.05, 3.63) is 71.6 Å². The summed E-state index contributed by atoms with van der Waals surface area (Å²) in [5.41, 5.74) is 2.44. The van der Waals surface area contributed by atoms with Gasteiger partial charge in [0.05, 0.1) is 6.61 Å². The molecular weight excluding hydrogens is 358 g/mol. The van der Waals surface area contributed by atoms with Gasteiger partial charge in [0.2, 0.25) is 5.89 Å². The van der Waals surface area contributed by atoms with E-state index in [9.17, 15) is 10.2 Å². The fourth-order valence-corrected chi connectivity index (χ4v) is 2.88. The lowest BCUT2D eigenvalue weighted by molar-refractivity contribution is -0.0560. The van der Waals surface area contributed by atoms with Crippen molar-refractivity contribution in [1.29, 1.82) is 0 Å². The van der Waals surface area contributed by atoms with Crippen molar-refractivity contribution in [2.45, 2.75) is 32.7 Å². The topological polar surface area (TPSA) is 85.0 Å². The number of oxazole rings is 1. The van der Waals surface area contributed by atoms with Crippen LogP contribution < -0.4 is 4.74 Å². The first kappa shape index (κ1) is 20.1. The Labute approximate surface area is 164 Å². The molecule has 0 radical (unpaired) electrons. The van der Waals surface area contributed by atoms with Crippen molar-refractivity contribution >= 4 is 0 Å². The Morgan fingerprint density at radius 1 is 1.07 bits per heavy atom. The van der Waals surface area contributed by atoms with E-state index in [0.29, 0.717) is 18.2 Å². The van der Waals surface area contributed by atoms with Crippen molar-refractivity contribution in [3.63, 3.8) is 0 Å². The number of aryl methyl sites for hydroxylation is 1. The van der Waals surface area contributed by atoms with Gasteiger partial charge in [0, 0.05) is 12.2 Å². The molecule has 0 saturated carbocycles. The molecule has 6 heteroatoms. The molecule has 28 heavy (non-hydrogen) atoms. The Kier molecular flexibility index (Phi) is 6.81. The summed E-state index contributed by atoms with van der Waals surface area (Å²) in [6.45, 7) is 4.08. The molecule has 0 aliphatic carbocycles. The summed E-state index contributed by atoms with van der Waals surface area (Å²) in [5.74, 6) is 1.96. The SMILES string of the molecule is CCOC(c1ccc(OCc2nc(-c3ccccc3)oc2C)cc1)[C@@H](O)CO. The molecule has 2 N–H and O–H groups in total. The highest BCUT2D eigenvalue weighted by Crippen LogP contribution is 2.25. The van der Waals surface area contributed by atoms with Gasteiger partial charge in [0.15, 0.2) is 0 Å². The van der Waals surface area contributed by atoms with Gasteiger partial charge in [-0.05, 0) is 43.7 Å².